The molecular formula is C22H21NO6. The number of nitrogens with zero attached hydrogens (tertiary/aromatic N) is 1. The quantitative estimate of drug-likeness (QED) is 0.481. The number of ether oxygens (including phenoxy) is 3. The second-order valence-electron chi connectivity index (χ2n) is 6.53. The van der Waals surface area contributed by atoms with E-state index in [2.05, 4.69) is 0 Å². The molecule has 1 aliphatic heterocycles. The minimum atomic E-state index is -0.720. The number of benzene rings is 2. The van der Waals surface area contributed by atoms with Crippen LogP contribution in [0, 0.1) is 0 Å². The standard InChI is InChI=1S/C22H21NO6/c1-3-26-16-8-6-15(7-9-16)23-12-18-19(28-13-23)10-5-14-11-17(21(24)27-4-2)22(25)29-20(14)18/h5-11H,3-4,12-13H2,1-2H3. The second kappa shape index (κ2) is 7.87. The summed E-state index contributed by atoms with van der Waals surface area (Å²) in [6, 6.07) is 12.8. The zero-order valence-corrected chi connectivity index (χ0v) is 16.3. The van der Waals surface area contributed by atoms with E-state index < -0.39 is 11.6 Å². The van der Waals surface area contributed by atoms with Gasteiger partial charge in [-0.25, -0.2) is 9.59 Å². The molecule has 0 aliphatic carbocycles. The van der Waals surface area contributed by atoms with Crippen LogP contribution < -0.4 is 20.0 Å². The average Bonchev–Trinajstić information content (AvgIpc) is 2.74. The summed E-state index contributed by atoms with van der Waals surface area (Å²) >= 11 is 0. The molecule has 0 fully saturated rings. The Morgan fingerprint density at radius 3 is 2.62 bits per heavy atom. The van der Waals surface area contributed by atoms with Gasteiger partial charge in [-0.2, -0.15) is 0 Å². The Morgan fingerprint density at radius 1 is 1.10 bits per heavy atom. The Morgan fingerprint density at radius 2 is 1.90 bits per heavy atom. The average molecular weight is 395 g/mol. The number of fused-ring (bicyclic) bond motifs is 3. The summed E-state index contributed by atoms with van der Waals surface area (Å²) < 4.78 is 21.8. The number of carbonyl (C=O) groups is 1. The fourth-order valence-electron chi connectivity index (χ4n) is 3.33. The molecule has 7 heteroatoms. The lowest BCUT2D eigenvalue weighted by atomic mass is 10.1. The summed E-state index contributed by atoms with van der Waals surface area (Å²) in [5.41, 5.74) is 1.30. The van der Waals surface area contributed by atoms with Crippen molar-refractivity contribution in [2.45, 2.75) is 20.4 Å². The zero-order chi connectivity index (χ0) is 20.4. The van der Waals surface area contributed by atoms with E-state index in [-0.39, 0.29) is 12.2 Å². The molecule has 0 unspecified atom stereocenters. The third kappa shape index (κ3) is 3.63. The van der Waals surface area contributed by atoms with Gasteiger partial charge in [0.25, 0.3) is 0 Å². The zero-order valence-electron chi connectivity index (χ0n) is 16.3. The van der Waals surface area contributed by atoms with Crippen molar-refractivity contribution < 1.29 is 23.4 Å². The van der Waals surface area contributed by atoms with Crippen molar-refractivity contribution in [3.05, 3.63) is 64.0 Å². The number of esters is 1. The molecule has 29 heavy (non-hydrogen) atoms. The van der Waals surface area contributed by atoms with E-state index in [4.69, 9.17) is 18.6 Å². The molecule has 0 saturated carbocycles. The number of anilines is 1. The molecular weight excluding hydrogens is 374 g/mol. The lowest BCUT2D eigenvalue weighted by molar-refractivity contribution is 0.0521. The van der Waals surface area contributed by atoms with Gasteiger partial charge in [0.2, 0.25) is 0 Å². The largest absolute Gasteiger partial charge is 0.494 e. The van der Waals surface area contributed by atoms with Crippen LogP contribution in [0.1, 0.15) is 29.8 Å². The highest BCUT2D eigenvalue weighted by atomic mass is 16.5. The van der Waals surface area contributed by atoms with Crippen LogP contribution in [0.2, 0.25) is 0 Å². The van der Waals surface area contributed by atoms with Crippen molar-refractivity contribution in [1.82, 2.24) is 0 Å². The van der Waals surface area contributed by atoms with Crippen molar-refractivity contribution in [2.75, 3.05) is 24.8 Å². The number of hydrogen-bond donors (Lipinski definition) is 0. The van der Waals surface area contributed by atoms with Crippen LogP contribution >= 0.6 is 0 Å². The molecule has 0 atom stereocenters. The van der Waals surface area contributed by atoms with Gasteiger partial charge in [-0.3, -0.25) is 0 Å². The van der Waals surface area contributed by atoms with E-state index in [1.807, 2.05) is 42.2 Å². The van der Waals surface area contributed by atoms with E-state index in [0.717, 1.165) is 17.0 Å². The van der Waals surface area contributed by atoms with Gasteiger partial charge >= 0.3 is 11.6 Å². The molecule has 0 amide bonds. The number of rotatable bonds is 5. The summed E-state index contributed by atoms with van der Waals surface area (Å²) in [6.45, 7) is 5.29. The molecule has 1 aromatic heterocycles. The Bertz CT molecular complexity index is 1100. The molecule has 2 aromatic carbocycles. The molecule has 150 valence electrons. The fourth-order valence-corrected chi connectivity index (χ4v) is 3.33. The first-order chi connectivity index (χ1) is 14.1. The number of hydrogen-bond acceptors (Lipinski definition) is 7. The van der Waals surface area contributed by atoms with Crippen LogP contribution in [0.25, 0.3) is 11.0 Å². The van der Waals surface area contributed by atoms with Gasteiger partial charge in [-0.05, 0) is 56.3 Å². The highest BCUT2D eigenvalue weighted by Crippen LogP contribution is 2.34. The van der Waals surface area contributed by atoms with Crippen LogP contribution in [-0.2, 0) is 11.3 Å². The molecule has 3 aromatic rings. The van der Waals surface area contributed by atoms with E-state index in [1.54, 1.807) is 13.0 Å². The van der Waals surface area contributed by atoms with Gasteiger partial charge < -0.3 is 23.5 Å². The molecule has 7 nitrogen and oxygen atoms in total. The summed E-state index contributed by atoms with van der Waals surface area (Å²) in [7, 11) is 0. The lowest BCUT2D eigenvalue weighted by Gasteiger charge is -2.31. The topological polar surface area (TPSA) is 78.2 Å². The van der Waals surface area contributed by atoms with Crippen LogP contribution in [-0.4, -0.2) is 25.9 Å². The molecule has 0 radical (unpaired) electrons. The lowest BCUT2D eigenvalue weighted by Crippen LogP contribution is -2.32. The Balaban J connectivity index is 1.69. The van der Waals surface area contributed by atoms with E-state index in [1.165, 1.54) is 6.07 Å². The van der Waals surface area contributed by atoms with Crippen LogP contribution in [0.5, 0.6) is 11.5 Å². The van der Waals surface area contributed by atoms with E-state index in [9.17, 15) is 9.59 Å². The predicted octanol–water partition coefficient (Wildman–Crippen LogP) is 3.72. The smallest absolute Gasteiger partial charge is 0.351 e. The van der Waals surface area contributed by atoms with Crippen molar-refractivity contribution in [3.8, 4) is 11.5 Å². The van der Waals surface area contributed by atoms with Crippen molar-refractivity contribution >= 4 is 22.6 Å². The highest BCUT2D eigenvalue weighted by Gasteiger charge is 2.23. The van der Waals surface area contributed by atoms with Crippen LogP contribution in [0.15, 0.2) is 51.7 Å². The van der Waals surface area contributed by atoms with E-state index in [0.29, 0.717) is 36.6 Å². The first-order valence-electron chi connectivity index (χ1n) is 9.48. The molecule has 2 heterocycles. The van der Waals surface area contributed by atoms with Gasteiger partial charge in [-0.15, -0.1) is 0 Å². The SMILES string of the molecule is CCOC(=O)c1cc2ccc3c(c2oc1=O)CN(c1ccc(OCC)cc1)CO3. The molecule has 0 bridgehead atoms. The van der Waals surface area contributed by atoms with Crippen LogP contribution in [0.3, 0.4) is 0 Å². The maximum Gasteiger partial charge on any atom is 0.351 e. The van der Waals surface area contributed by atoms with Crippen molar-refractivity contribution in [3.63, 3.8) is 0 Å². The Kier molecular flexibility index (Phi) is 5.12. The van der Waals surface area contributed by atoms with Gasteiger partial charge in [0, 0.05) is 11.1 Å². The first-order valence-corrected chi connectivity index (χ1v) is 9.48. The van der Waals surface area contributed by atoms with Crippen molar-refractivity contribution in [2.24, 2.45) is 0 Å². The van der Waals surface area contributed by atoms with Gasteiger partial charge in [0.15, 0.2) is 6.73 Å². The highest BCUT2D eigenvalue weighted by molar-refractivity contribution is 5.94. The number of carbonyl (C=O) groups excluding carboxylic acids is 1. The fraction of sp³-hybridized carbons (Fsp3) is 0.273. The molecule has 4 rings (SSSR count). The third-order valence-corrected chi connectivity index (χ3v) is 4.70. The van der Waals surface area contributed by atoms with Crippen LogP contribution in [0.4, 0.5) is 5.69 Å². The summed E-state index contributed by atoms with van der Waals surface area (Å²) in [4.78, 5) is 26.4. The summed E-state index contributed by atoms with van der Waals surface area (Å²) in [5.74, 6) is 0.775. The monoisotopic (exact) mass is 395 g/mol. The first kappa shape index (κ1) is 18.9. The predicted molar refractivity (Wildman–Crippen MR) is 108 cm³/mol. The molecule has 1 aliphatic rings. The van der Waals surface area contributed by atoms with Gasteiger partial charge in [-0.1, -0.05) is 0 Å². The maximum absolute atomic E-state index is 12.3. The van der Waals surface area contributed by atoms with Gasteiger partial charge in [0.1, 0.15) is 22.6 Å². The normalized spacial score (nSPS) is 13.0. The van der Waals surface area contributed by atoms with Gasteiger partial charge in [0.05, 0.1) is 25.3 Å². The summed E-state index contributed by atoms with van der Waals surface area (Å²) in [5, 5.41) is 0.642. The Hall–Kier alpha value is -3.48. The Labute approximate surface area is 167 Å². The molecule has 0 saturated heterocycles. The van der Waals surface area contributed by atoms with E-state index >= 15 is 0 Å². The minimum Gasteiger partial charge on any atom is -0.494 e. The molecule has 0 spiro atoms. The third-order valence-electron chi connectivity index (χ3n) is 4.70. The second-order valence-corrected chi connectivity index (χ2v) is 6.53. The van der Waals surface area contributed by atoms with Crippen molar-refractivity contribution in [1.29, 1.82) is 0 Å². The summed E-state index contributed by atoms with van der Waals surface area (Å²) in [6.07, 6.45) is 0. The minimum absolute atomic E-state index is 0.112. The molecule has 0 N–H and O–H groups in total. The maximum atomic E-state index is 12.3.